The molecule has 0 fully saturated rings. The summed E-state index contributed by atoms with van der Waals surface area (Å²) in [6, 6.07) is 4.58. The fraction of sp³-hybridized carbons (Fsp3) is 0.167. The highest BCUT2D eigenvalue weighted by molar-refractivity contribution is 6.03. The lowest BCUT2D eigenvalue weighted by Gasteiger charge is -2.06. The number of furan rings is 1. The number of anilines is 1. The zero-order valence-corrected chi connectivity index (χ0v) is 9.34. The Kier molecular flexibility index (Phi) is 3.09. The number of carbonyl (C=O) groups excluding carboxylic acids is 1. The van der Waals surface area contributed by atoms with Gasteiger partial charge in [-0.05, 0) is 19.1 Å². The number of carbonyl (C=O) groups is 1. The van der Waals surface area contributed by atoms with Crippen LogP contribution in [0.15, 0.2) is 46.1 Å². The second-order valence-electron chi connectivity index (χ2n) is 3.51. The summed E-state index contributed by atoms with van der Waals surface area (Å²) in [5, 5.41) is 2.69. The molecule has 0 spiro atoms. The average Bonchev–Trinajstić information content (AvgIpc) is 2.85. The highest BCUT2D eigenvalue weighted by atomic mass is 16.3. The first kappa shape index (κ1) is 11.2. The minimum absolute atomic E-state index is 0.0891. The normalized spacial score (nSPS) is 10.2. The van der Waals surface area contributed by atoms with Gasteiger partial charge >= 0.3 is 0 Å². The van der Waals surface area contributed by atoms with Gasteiger partial charge in [0.1, 0.15) is 6.26 Å². The monoisotopic (exact) mass is 232 g/mol. The third-order valence-electron chi connectivity index (χ3n) is 2.37. The highest BCUT2D eigenvalue weighted by Crippen LogP contribution is 2.07. The van der Waals surface area contributed by atoms with E-state index in [1.54, 1.807) is 18.3 Å². The molecule has 2 aromatic rings. The van der Waals surface area contributed by atoms with E-state index < -0.39 is 0 Å². The largest absolute Gasteiger partial charge is 0.472 e. The van der Waals surface area contributed by atoms with E-state index in [0.29, 0.717) is 17.8 Å². The molecule has 0 aromatic carbocycles. The topological polar surface area (TPSA) is 64.2 Å². The van der Waals surface area contributed by atoms with Gasteiger partial charge in [0.25, 0.3) is 11.5 Å². The van der Waals surface area contributed by atoms with Gasteiger partial charge in [0, 0.05) is 18.8 Å². The number of nitrogens with zero attached hydrogens (tertiary/aromatic N) is 1. The first-order valence-corrected chi connectivity index (χ1v) is 5.24. The van der Waals surface area contributed by atoms with Crippen LogP contribution in [0.2, 0.25) is 0 Å². The summed E-state index contributed by atoms with van der Waals surface area (Å²) < 4.78 is 6.34. The molecule has 2 rings (SSSR count). The summed E-state index contributed by atoms with van der Waals surface area (Å²) in [5.74, 6) is -0.264. The molecular weight excluding hydrogens is 220 g/mol. The number of rotatable bonds is 3. The van der Waals surface area contributed by atoms with Crippen LogP contribution in [0, 0.1) is 0 Å². The standard InChI is InChI=1S/C12H12N2O3/c1-2-14-7-10(3-4-11(14)15)13-12(16)9-5-6-17-8-9/h3-8H,2H2,1H3,(H,13,16). The first-order valence-electron chi connectivity index (χ1n) is 5.24. The molecule has 88 valence electrons. The van der Waals surface area contributed by atoms with Crippen LogP contribution in [0.25, 0.3) is 0 Å². The third kappa shape index (κ3) is 2.44. The molecule has 0 atom stereocenters. The number of pyridine rings is 1. The van der Waals surface area contributed by atoms with E-state index in [1.807, 2.05) is 6.92 Å². The van der Waals surface area contributed by atoms with Gasteiger partial charge in [-0.2, -0.15) is 0 Å². The van der Waals surface area contributed by atoms with Crippen molar-refractivity contribution in [2.75, 3.05) is 5.32 Å². The predicted octanol–water partition coefficient (Wildman–Crippen LogP) is 1.71. The van der Waals surface area contributed by atoms with Crippen LogP contribution in [0.3, 0.4) is 0 Å². The van der Waals surface area contributed by atoms with Crippen molar-refractivity contribution >= 4 is 11.6 Å². The van der Waals surface area contributed by atoms with Crippen molar-refractivity contribution in [3.8, 4) is 0 Å². The molecule has 0 unspecified atom stereocenters. The maximum absolute atomic E-state index is 11.7. The summed E-state index contributed by atoms with van der Waals surface area (Å²) in [5.41, 5.74) is 0.936. The molecule has 0 aliphatic carbocycles. The molecule has 5 nitrogen and oxygen atoms in total. The lowest BCUT2D eigenvalue weighted by atomic mass is 10.3. The molecule has 0 aliphatic heterocycles. The number of aryl methyl sites for hydroxylation is 1. The van der Waals surface area contributed by atoms with Crippen molar-refractivity contribution in [2.24, 2.45) is 0 Å². The molecule has 0 radical (unpaired) electrons. The molecule has 17 heavy (non-hydrogen) atoms. The first-order chi connectivity index (χ1) is 8.20. The van der Waals surface area contributed by atoms with Crippen LogP contribution in [0.1, 0.15) is 17.3 Å². The quantitative estimate of drug-likeness (QED) is 0.876. The summed E-state index contributed by atoms with van der Waals surface area (Å²) in [6.45, 7) is 2.43. The van der Waals surface area contributed by atoms with E-state index in [4.69, 9.17) is 4.42 Å². The fourth-order valence-corrected chi connectivity index (χ4v) is 1.45. The van der Waals surface area contributed by atoms with E-state index in [9.17, 15) is 9.59 Å². The van der Waals surface area contributed by atoms with Crippen LogP contribution >= 0.6 is 0 Å². The lowest BCUT2D eigenvalue weighted by Crippen LogP contribution is -2.19. The minimum Gasteiger partial charge on any atom is -0.472 e. The molecule has 2 heterocycles. The van der Waals surface area contributed by atoms with Crippen molar-refractivity contribution in [2.45, 2.75) is 13.5 Å². The molecule has 0 saturated carbocycles. The zero-order valence-electron chi connectivity index (χ0n) is 9.34. The number of hydrogen-bond acceptors (Lipinski definition) is 3. The average molecular weight is 232 g/mol. The van der Waals surface area contributed by atoms with Gasteiger partial charge in [0.2, 0.25) is 0 Å². The molecule has 2 aromatic heterocycles. The molecule has 0 aliphatic rings. The Balaban J connectivity index is 2.19. The summed E-state index contributed by atoms with van der Waals surface area (Å²) >= 11 is 0. The van der Waals surface area contributed by atoms with Crippen LogP contribution in [-0.2, 0) is 6.54 Å². The van der Waals surface area contributed by atoms with Crippen LogP contribution in [-0.4, -0.2) is 10.5 Å². The predicted molar refractivity (Wildman–Crippen MR) is 63.0 cm³/mol. The molecule has 0 bridgehead atoms. The van der Waals surface area contributed by atoms with E-state index in [-0.39, 0.29) is 11.5 Å². The smallest absolute Gasteiger partial charge is 0.258 e. The highest BCUT2D eigenvalue weighted by Gasteiger charge is 2.07. The molecule has 5 heteroatoms. The third-order valence-corrected chi connectivity index (χ3v) is 2.37. The van der Waals surface area contributed by atoms with Crippen molar-refractivity contribution in [3.63, 3.8) is 0 Å². The number of hydrogen-bond donors (Lipinski definition) is 1. The maximum Gasteiger partial charge on any atom is 0.258 e. The Labute approximate surface area is 97.7 Å². The Morgan fingerprint density at radius 3 is 2.88 bits per heavy atom. The van der Waals surface area contributed by atoms with E-state index >= 15 is 0 Å². The van der Waals surface area contributed by atoms with Gasteiger partial charge in [0.15, 0.2) is 0 Å². The molecular formula is C12H12N2O3. The van der Waals surface area contributed by atoms with Crippen LogP contribution in [0.5, 0.6) is 0 Å². The van der Waals surface area contributed by atoms with E-state index in [0.717, 1.165) is 0 Å². The van der Waals surface area contributed by atoms with Gasteiger partial charge in [-0.3, -0.25) is 9.59 Å². The Morgan fingerprint density at radius 2 is 2.24 bits per heavy atom. The Hall–Kier alpha value is -2.30. The van der Waals surface area contributed by atoms with Crippen LogP contribution in [0.4, 0.5) is 5.69 Å². The number of nitrogens with one attached hydrogen (secondary N) is 1. The van der Waals surface area contributed by atoms with Gasteiger partial charge in [-0.25, -0.2) is 0 Å². The zero-order chi connectivity index (χ0) is 12.3. The van der Waals surface area contributed by atoms with Gasteiger partial charge < -0.3 is 14.3 Å². The second kappa shape index (κ2) is 4.69. The number of aromatic nitrogens is 1. The van der Waals surface area contributed by atoms with Gasteiger partial charge in [0.05, 0.1) is 17.5 Å². The second-order valence-corrected chi connectivity index (χ2v) is 3.51. The molecule has 1 amide bonds. The van der Waals surface area contributed by atoms with Crippen molar-refractivity contribution in [1.29, 1.82) is 0 Å². The lowest BCUT2D eigenvalue weighted by molar-refractivity contribution is 0.102. The summed E-state index contributed by atoms with van der Waals surface area (Å²) in [4.78, 5) is 23.1. The van der Waals surface area contributed by atoms with E-state index in [2.05, 4.69) is 5.32 Å². The molecule has 0 saturated heterocycles. The van der Waals surface area contributed by atoms with Crippen molar-refractivity contribution < 1.29 is 9.21 Å². The Morgan fingerprint density at radius 1 is 1.41 bits per heavy atom. The Bertz CT molecular complexity index is 570. The summed E-state index contributed by atoms with van der Waals surface area (Å²) in [7, 11) is 0. The van der Waals surface area contributed by atoms with Crippen molar-refractivity contribution in [3.05, 3.63) is 52.8 Å². The maximum atomic E-state index is 11.7. The molecule has 1 N–H and O–H groups in total. The van der Waals surface area contributed by atoms with Gasteiger partial charge in [-0.1, -0.05) is 0 Å². The van der Waals surface area contributed by atoms with Crippen molar-refractivity contribution in [1.82, 2.24) is 4.57 Å². The SMILES string of the molecule is CCn1cc(NC(=O)c2ccoc2)ccc1=O. The van der Waals surface area contributed by atoms with Crippen LogP contribution < -0.4 is 10.9 Å². The fourth-order valence-electron chi connectivity index (χ4n) is 1.45. The summed E-state index contributed by atoms with van der Waals surface area (Å²) in [6.07, 6.45) is 4.41. The van der Waals surface area contributed by atoms with Gasteiger partial charge in [-0.15, -0.1) is 0 Å². The minimum atomic E-state index is -0.264. The number of amides is 1. The van der Waals surface area contributed by atoms with E-state index in [1.165, 1.54) is 23.2 Å².